The van der Waals surface area contributed by atoms with Crippen LogP contribution in [0, 0.1) is 6.92 Å². The highest BCUT2D eigenvalue weighted by Gasteiger charge is 2.19. The molecule has 126 valence electrons. The summed E-state index contributed by atoms with van der Waals surface area (Å²) in [6, 6.07) is 3.88. The molecule has 0 unspecified atom stereocenters. The minimum atomic E-state index is -0.0370. The molecule has 7 nitrogen and oxygen atoms in total. The van der Waals surface area contributed by atoms with Crippen molar-refractivity contribution in [3.05, 3.63) is 45.1 Å². The monoisotopic (exact) mass is 345 g/mol. The lowest BCUT2D eigenvalue weighted by Gasteiger charge is -2.33. The van der Waals surface area contributed by atoms with Gasteiger partial charge in [0.05, 0.1) is 17.8 Å². The van der Waals surface area contributed by atoms with Crippen LogP contribution < -0.4 is 5.56 Å². The quantitative estimate of drug-likeness (QED) is 0.774. The Morgan fingerprint density at radius 2 is 2.00 bits per heavy atom. The molecule has 4 heterocycles. The lowest BCUT2D eigenvalue weighted by Crippen LogP contribution is -2.45. The number of hydrogen-bond acceptors (Lipinski definition) is 7. The number of aromatic nitrogens is 3. The van der Waals surface area contributed by atoms with Crippen LogP contribution in [0.25, 0.3) is 10.2 Å². The molecule has 8 heteroatoms. The molecule has 0 atom stereocenters. The van der Waals surface area contributed by atoms with Gasteiger partial charge in [0.1, 0.15) is 16.3 Å². The molecule has 1 aliphatic rings. The van der Waals surface area contributed by atoms with Crippen LogP contribution >= 0.6 is 11.3 Å². The van der Waals surface area contributed by atoms with E-state index < -0.39 is 0 Å². The van der Waals surface area contributed by atoms with E-state index in [1.54, 1.807) is 0 Å². The summed E-state index contributed by atoms with van der Waals surface area (Å²) in [5, 5.41) is 5.96. The van der Waals surface area contributed by atoms with Crippen molar-refractivity contribution in [1.29, 1.82) is 0 Å². The number of fused-ring (bicyclic) bond motifs is 1. The maximum absolute atomic E-state index is 12.0. The molecule has 1 aliphatic heterocycles. The van der Waals surface area contributed by atoms with E-state index in [2.05, 4.69) is 24.9 Å². The van der Waals surface area contributed by atoms with E-state index in [0.717, 1.165) is 55.5 Å². The molecule has 3 aromatic heterocycles. The fourth-order valence-corrected chi connectivity index (χ4v) is 3.76. The summed E-state index contributed by atoms with van der Waals surface area (Å²) in [6.45, 7) is 7.24. The Balaban J connectivity index is 1.36. The van der Waals surface area contributed by atoms with Gasteiger partial charge in [-0.2, -0.15) is 0 Å². The number of nitrogens with zero attached hydrogens (tertiary/aromatic N) is 4. The molecule has 1 saturated heterocycles. The Labute approximate surface area is 142 Å². The number of aromatic amines is 1. The van der Waals surface area contributed by atoms with Crippen LogP contribution in [0.5, 0.6) is 0 Å². The van der Waals surface area contributed by atoms with E-state index in [0.29, 0.717) is 11.2 Å². The number of thiophene rings is 1. The zero-order valence-corrected chi connectivity index (χ0v) is 14.3. The molecule has 0 amide bonds. The van der Waals surface area contributed by atoms with E-state index >= 15 is 0 Å². The molecule has 0 bridgehead atoms. The molecular formula is C16H19N5O2S. The average Bonchev–Trinajstić information content (AvgIpc) is 3.18. The summed E-state index contributed by atoms with van der Waals surface area (Å²) in [6.07, 6.45) is 0. The van der Waals surface area contributed by atoms with Crippen LogP contribution in [0.15, 0.2) is 26.8 Å². The summed E-state index contributed by atoms with van der Waals surface area (Å²) >= 11 is 1.43. The maximum Gasteiger partial charge on any atom is 0.268 e. The highest BCUT2D eigenvalue weighted by Crippen LogP contribution is 2.15. The average molecular weight is 345 g/mol. The van der Waals surface area contributed by atoms with Gasteiger partial charge in [0.25, 0.3) is 5.56 Å². The van der Waals surface area contributed by atoms with Crippen molar-refractivity contribution in [3.63, 3.8) is 0 Å². The number of hydrogen-bond donors (Lipinski definition) is 1. The van der Waals surface area contributed by atoms with E-state index in [1.165, 1.54) is 11.3 Å². The summed E-state index contributed by atoms with van der Waals surface area (Å²) in [5.74, 6) is 1.59. The molecule has 3 aromatic rings. The second-order valence-corrected chi connectivity index (χ2v) is 7.04. The van der Waals surface area contributed by atoms with Crippen molar-refractivity contribution in [2.24, 2.45) is 0 Å². The Morgan fingerprint density at radius 3 is 2.71 bits per heavy atom. The highest BCUT2D eigenvalue weighted by atomic mass is 32.1. The Hall–Kier alpha value is -2.03. The smallest absolute Gasteiger partial charge is 0.268 e. The van der Waals surface area contributed by atoms with Crippen molar-refractivity contribution in [1.82, 2.24) is 24.9 Å². The number of H-pyrrole nitrogens is 1. The number of aryl methyl sites for hydroxylation is 1. The minimum absolute atomic E-state index is 0.0370. The maximum atomic E-state index is 12.0. The molecule has 4 rings (SSSR count). The van der Waals surface area contributed by atoms with E-state index in [1.807, 2.05) is 24.4 Å². The highest BCUT2D eigenvalue weighted by molar-refractivity contribution is 7.17. The number of nitrogens with one attached hydrogen (secondary N) is 1. The number of piperazine rings is 1. The van der Waals surface area contributed by atoms with Gasteiger partial charge in [-0.25, -0.2) is 4.98 Å². The normalized spacial score (nSPS) is 16.9. The van der Waals surface area contributed by atoms with Gasteiger partial charge in [-0.05, 0) is 18.4 Å². The third-order valence-electron chi connectivity index (χ3n) is 4.26. The third kappa shape index (κ3) is 3.26. The minimum Gasteiger partial charge on any atom is -0.361 e. The largest absolute Gasteiger partial charge is 0.361 e. The molecule has 1 fully saturated rings. The fraction of sp³-hybridized carbons (Fsp3) is 0.438. The van der Waals surface area contributed by atoms with Crippen LogP contribution in [0.1, 0.15) is 17.3 Å². The molecule has 0 aromatic carbocycles. The Morgan fingerprint density at radius 1 is 1.25 bits per heavy atom. The van der Waals surface area contributed by atoms with Gasteiger partial charge in [0.2, 0.25) is 0 Å². The molecule has 0 saturated carbocycles. The summed E-state index contributed by atoms with van der Waals surface area (Å²) < 4.78 is 5.82. The Bertz CT molecular complexity index is 891. The zero-order valence-electron chi connectivity index (χ0n) is 13.5. The lowest BCUT2D eigenvalue weighted by molar-refractivity contribution is 0.118. The first kappa shape index (κ1) is 15.5. The predicted molar refractivity (Wildman–Crippen MR) is 92.0 cm³/mol. The molecule has 24 heavy (non-hydrogen) atoms. The van der Waals surface area contributed by atoms with Crippen molar-refractivity contribution in [2.45, 2.75) is 20.0 Å². The lowest BCUT2D eigenvalue weighted by atomic mass is 10.2. The van der Waals surface area contributed by atoms with Crippen LogP contribution in [0.2, 0.25) is 0 Å². The standard InChI is InChI=1S/C16H19N5O2S/c1-11-8-12(19-23-11)9-20-3-5-21(6-4-20)10-14-17-13-2-7-24-15(13)16(22)18-14/h2,7-8H,3-6,9-10H2,1H3,(H,17,18,22). The third-order valence-corrected chi connectivity index (χ3v) is 5.17. The van der Waals surface area contributed by atoms with Gasteiger partial charge in [-0.3, -0.25) is 14.6 Å². The van der Waals surface area contributed by atoms with Gasteiger partial charge < -0.3 is 9.51 Å². The van der Waals surface area contributed by atoms with Crippen LogP contribution in [0.3, 0.4) is 0 Å². The molecule has 1 N–H and O–H groups in total. The molecule has 0 spiro atoms. The second kappa shape index (κ2) is 6.46. The van der Waals surface area contributed by atoms with E-state index in [9.17, 15) is 4.79 Å². The van der Waals surface area contributed by atoms with Gasteiger partial charge in [-0.1, -0.05) is 5.16 Å². The SMILES string of the molecule is Cc1cc(CN2CCN(Cc3nc4ccsc4c(=O)[nH]3)CC2)no1. The second-order valence-electron chi connectivity index (χ2n) is 6.13. The van der Waals surface area contributed by atoms with Gasteiger partial charge >= 0.3 is 0 Å². The van der Waals surface area contributed by atoms with Crippen molar-refractivity contribution >= 4 is 21.6 Å². The van der Waals surface area contributed by atoms with Crippen molar-refractivity contribution in [3.8, 4) is 0 Å². The number of rotatable bonds is 4. The van der Waals surface area contributed by atoms with E-state index in [4.69, 9.17) is 4.52 Å². The fourth-order valence-electron chi connectivity index (χ4n) is 3.04. The van der Waals surface area contributed by atoms with Gasteiger partial charge in [0.15, 0.2) is 0 Å². The van der Waals surface area contributed by atoms with Crippen LogP contribution in [-0.2, 0) is 13.1 Å². The summed E-state index contributed by atoms with van der Waals surface area (Å²) in [7, 11) is 0. The zero-order chi connectivity index (χ0) is 16.5. The van der Waals surface area contributed by atoms with E-state index in [-0.39, 0.29) is 5.56 Å². The van der Waals surface area contributed by atoms with Crippen molar-refractivity contribution in [2.75, 3.05) is 26.2 Å². The molecule has 0 radical (unpaired) electrons. The topological polar surface area (TPSA) is 78.3 Å². The molecule has 0 aliphatic carbocycles. The van der Waals surface area contributed by atoms with Crippen LogP contribution in [-0.4, -0.2) is 51.1 Å². The van der Waals surface area contributed by atoms with Gasteiger partial charge in [0, 0.05) is 38.8 Å². The van der Waals surface area contributed by atoms with Gasteiger partial charge in [-0.15, -0.1) is 11.3 Å². The summed E-state index contributed by atoms with van der Waals surface area (Å²) in [5.41, 5.74) is 1.73. The predicted octanol–water partition coefficient (Wildman–Crippen LogP) is 1.60. The first-order valence-corrected chi connectivity index (χ1v) is 8.88. The first-order valence-electron chi connectivity index (χ1n) is 8.01. The first-order chi connectivity index (χ1) is 11.7. The molecular weight excluding hydrogens is 326 g/mol. The van der Waals surface area contributed by atoms with Crippen molar-refractivity contribution < 1.29 is 4.52 Å². The summed E-state index contributed by atoms with van der Waals surface area (Å²) in [4.78, 5) is 24.2. The Kier molecular flexibility index (Phi) is 4.17. The van der Waals surface area contributed by atoms with Crippen LogP contribution in [0.4, 0.5) is 0 Å².